The van der Waals surface area contributed by atoms with E-state index in [1.165, 1.54) is 12.1 Å². The van der Waals surface area contributed by atoms with E-state index in [0.717, 1.165) is 16.5 Å². The lowest BCUT2D eigenvalue weighted by molar-refractivity contribution is -0.0372. The highest BCUT2D eigenvalue weighted by atomic mass is 19.1. The van der Waals surface area contributed by atoms with Crippen molar-refractivity contribution in [3.63, 3.8) is 0 Å². The maximum Gasteiger partial charge on any atom is 0.174 e. The molecule has 5 rings (SSSR count). The number of aliphatic hydroxyl groups is 2. The molecule has 1 aliphatic heterocycles. The van der Waals surface area contributed by atoms with E-state index in [0.29, 0.717) is 49.5 Å². The van der Waals surface area contributed by atoms with Crippen LogP contribution in [0.3, 0.4) is 0 Å². The Bertz CT molecular complexity index is 1230. The third kappa shape index (κ3) is 4.82. The van der Waals surface area contributed by atoms with E-state index in [-0.39, 0.29) is 12.4 Å². The lowest BCUT2D eigenvalue weighted by Gasteiger charge is -2.39. The minimum atomic E-state index is -0.802. The molecular weight excluding hydrogens is 435 g/mol. The Hall–Kier alpha value is -3.26. The predicted molar refractivity (Wildman–Crippen MR) is 127 cm³/mol. The van der Waals surface area contributed by atoms with Crippen LogP contribution < -0.4 is 4.74 Å². The van der Waals surface area contributed by atoms with E-state index >= 15 is 0 Å². The summed E-state index contributed by atoms with van der Waals surface area (Å²) < 4.78 is 24.5. The number of β-amino-alcohol motifs (C(OH)–C–C–N with tert-alkyl or cyclic N) is 1. The Balaban J connectivity index is 1.12. The minimum Gasteiger partial charge on any atom is -0.491 e. The third-order valence-electron chi connectivity index (χ3n) is 6.46. The van der Waals surface area contributed by atoms with Gasteiger partial charge in [-0.1, -0.05) is 35.5 Å². The minimum absolute atomic E-state index is 0.170. The number of rotatable bonds is 7. The highest BCUT2D eigenvalue weighted by Gasteiger charge is 2.34. The van der Waals surface area contributed by atoms with Crippen LogP contribution in [0.5, 0.6) is 5.75 Å². The third-order valence-corrected chi connectivity index (χ3v) is 6.46. The molecule has 6 nitrogen and oxygen atoms in total. The Morgan fingerprint density at radius 1 is 1.03 bits per heavy atom. The van der Waals surface area contributed by atoms with E-state index in [2.05, 4.69) is 10.1 Å². The molecule has 1 saturated heterocycles. The van der Waals surface area contributed by atoms with Crippen molar-refractivity contribution in [1.29, 1.82) is 0 Å². The summed E-state index contributed by atoms with van der Waals surface area (Å²) in [7, 11) is 0. The van der Waals surface area contributed by atoms with Gasteiger partial charge in [-0.05, 0) is 54.8 Å². The standard InChI is InChI=1S/C27H27FN2O4/c28-21-8-11-24-25(16-21)29-34-26(24)19-6-9-23(10-7-19)33-18-22(31)17-30-14-12-27(32,13-15-30)20-4-2-1-3-5-20/h1-11,16,22,31-32H,12-15,17-18H2/t22-/m1/s1. The van der Waals surface area contributed by atoms with Crippen molar-refractivity contribution < 1.29 is 23.9 Å². The van der Waals surface area contributed by atoms with Gasteiger partial charge in [0, 0.05) is 36.7 Å². The van der Waals surface area contributed by atoms with Crippen LogP contribution in [0.1, 0.15) is 18.4 Å². The van der Waals surface area contributed by atoms with Crippen LogP contribution in [0.15, 0.2) is 77.3 Å². The molecule has 0 amide bonds. The van der Waals surface area contributed by atoms with Gasteiger partial charge in [0.1, 0.15) is 29.8 Å². The van der Waals surface area contributed by atoms with Crippen LogP contribution in [-0.4, -0.2) is 52.6 Å². The molecule has 0 saturated carbocycles. The zero-order chi connectivity index (χ0) is 23.5. The van der Waals surface area contributed by atoms with Crippen LogP contribution in [0.4, 0.5) is 4.39 Å². The SMILES string of the molecule is O[C@@H](COc1ccc(-c2onc3cc(F)ccc23)cc1)CN1CCC(O)(c2ccccc2)CC1. The fraction of sp³-hybridized carbons (Fsp3) is 0.296. The number of piperidine rings is 1. The van der Waals surface area contributed by atoms with Crippen molar-refractivity contribution in [1.82, 2.24) is 10.1 Å². The summed E-state index contributed by atoms with van der Waals surface area (Å²) in [4.78, 5) is 2.16. The van der Waals surface area contributed by atoms with Crippen molar-refractivity contribution in [2.45, 2.75) is 24.5 Å². The molecule has 0 radical (unpaired) electrons. The highest BCUT2D eigenvalue weighted by molar-refractivity contribution is 5.91. The van der Waals surface area contributed by atoms with Crippen LogP contribution in [0.25, 0.3) is 22.2 Å². The first-order valence-corrected chi connectivity index (χ1v) is 11.5. The Kier molecular flexibility index (Phi) is 6.32. The normalized spacial score (nSPS) is 17.0. The van der Waals surface area contributed by atoms with Crippen LogP contribution in [-0.2, 0) is 5.60 Å². The fourth-order valence-corrected chi connectivity index (χ4v) is 4.51. The van der Waals surface area contributed by atoms with Crippen molar-refractivity contribution in [3.05, 3.63) is 84.2 Å². The summed E-state index contributed by atoms with van der Waals surface area (Å²) in [5.41, 5.74) is 1.43. The van der Waals surface area contributed by atoms with Crippen LogP contribution in [0.2, 0.25) is 0 Å². The number of hydrogen-bond donors (Lipinski definition) is 2. The Morgan fingerprint density at radius 3 is 2.50 bits per heavy atom. The number of likely N-dealkylation sites (tertiary alicyclic amines) is 1. The summed E-state index contributed by atoms with van der Waals surface area (Å²) in [6.45, 7) is 2.09. The first-order chi connectivity index (χ1) is 16.5. The molecule has 0 aliphatic carbocycles. The van der Waals surface area contributed by atoms with E-state index in [1.807, 2.05) is 42.5 Å². The zero-order valence-corrected chi connectivity index (χ0v) is 18.7. The molecule has 1 aliphatic rings. The lowest BCUT2D eigenvalue weighted by atomic mass is 9.84. The summed E-state index contributed by atoms with van der Waals surface area (Å²) >= 11 is 0. The number of aromatic nitrogens is 1. The van der Waals surface area contributed by atoms with Crippen LogP contribution in [0, 0.1) is 5.82 Å². The molecule has 1 aromatic heterocycles. The number of halogens is 1. The van der Waals surface area contributed by atoms with Crippen LogP contribution >= 0.6 is 0 Å². The summed E-state index contributed by atoms with van der Waals surface area (Å²) in [6.07, 6.45) is 0.625. The fourth-order valence-electron chi connectivity index (χ4n) is 4.51. The second kappa shape index (κ2) is 9.54. The Morgan fingerprint density at radius 2 is 1.76 bits per heavy atom. The Labute approximate surface area is 197 Å². The molecule has 2 heterocycles. The van der Waals surface area contributed by atoms with Gasteiger partial charge in [-0.15, -0.1) is 0 Å². The molecule has 3 aromatic carbocycles. The molecule has 176 valence electrons. The second-order valence-electron chi connectivity index (χ2n) is 8.86. The van der Waals surface area contributed by atoms with Gasteiger partial charge in [-0.2, -0.15) is 0 Å². The summed E-state index contributed by atoms with van der Waals surface area (Å²) in [6, 6.07) is 21.5. The average Bonchev–Trinajstić information content (AvgIpc) is 3.28. The number of nitrogens with zero attached hydrogens (tertiary/aromatic N) is 2. The number of aliphatic hydroxyl groups excluding tert-OH is 1. The van der Waals surface area contributed by atoms with E-state index in [1.54, 1.807) is 18.2 Å². The first kappa shape index (κ1) is 22.5. The molecule has 0 spiro atoms. The van der Waals surface area contributed by atoms with Crippen molar-refractivity contribution in [3.8, 4) is 17.1 Å². The predicted octanol–water partition coefficient (Wildman–Crippen LogP) is 4.36. The van der Waals surface area contributed by atoms with E-state index in [4.69, 9.17) is 9.26 Å². The molecule has 1 fully saturated rings. The molecule has 7 heteroatoms. The van der Waals surface area contributed by atoms with Gasteiger partial charge in [0.2, 0.25) is 0 Å². The molecular formula is C27H27FN2O4. The van der Waals surface area contributed by atoms with Gasteiger partial charge in [-0.3, -0.25) is 0 Å². The number of benzene rings is 3. The largest absolute Gasteiger partial charge is 0.491 e. The maximum absolute atomic E-state index is 13.4. The summed E-state index contributed by atoms with van der Waals surface area (Å²) in [5, 5.41) is 26.1. The zero-order valence-electron chi connectivity index (χ0n) is 18.7. The quantitative estimate of drug-likeness (QED) is 0.425. The smallest absolute Gasteiger partial charge is 0.174 e. The lowest BCUT2D eigenvalue weighted by Crippen LogP contribution is -2.46. The van der Waals surface area contributed by atoms with Gasteiger partial charge in [0.25, 0.3) is 0 Å². The molecule has 2 N–H and O–H groups in total. The first-order valence-electron chi connectivity index (χ1n) is 11.5. The van der Waals surface area contributed by atoms with Crippen molar-refractivity contribution in [2.24, 2.45) is 0 Å². The molecule has 1 atom stereocenters. The van der Waals surface area contributed by atoms with Gasteiger partial charge in [0.05, 0.1) is 5.60 Å². The summed E-state index contributed by atoms with van der Waals surface area (Å²) in [5.74, 6) is 0.850. The molecule has 0 bridgehead atoms. The van der Waals surface area contributed by atoms with Gasteiger partial charge in [0.15, 0.2) is 5.76 Å². The van der Waals surface area contributed by atoms with Gasteiger partial charge in [-0.25, -0.2) is 4.39 Å². The molecule has 0 unspecified atom stereocenters. The van der Waals surface area contributed by atoms with E-state index in [9.17, 15) is 14.6 Å². The van der Waals surface area contributed by atoms with Crippen molar-refractivity contribution in [2.75, 3.05) is 26.2 Å². The van der Waals surface area contributed by atoms with Gasteiger partial charge < -0.3 is 24.4 Å². The topological polar surface area (TPSA) is 79.0 Å². The van der Waals surface area contributed by atoms with Crippen molar-refractivity contribution >= 4 is 10.9 Å². The number of fused-ring (bicyclic) bond motifs is 1. The average molecular weight is 463 g/mol. The second-order valence-corrected chi connectivity index (χ2v) is 8.86. The number of ether oxygens (including phenoxy) is 1. The number of hydrogen-bond acceptors (Lipinski definition) is 6. The molecule has 34 heavy (non-hydrogen) atoms. The monoisotopic (exact) mass is 462 g/mol. The maximum atomic E-state index is 13.4. The van der Waals surface area contributed by atoms with E-state index < -0.39 is 11.7 Å². The molecule has 4 aromatic rings. The van der Waals surface area contributed by atoms with Gasteiger partial charge >= 0.3 is 0 Å². The highest BCUT2D eigenvalue weighted by Crippen LogP contribution is 2.33.